The minimum absolute atomic E-state index is 0.0984. The molecule has 1 aliphatic rings. The van der Waals surface area contributed by atoms with Crippen molar-refractivity contribution in [2.75, 3.05) is 18.1 Å². The third kappa shape index (κ3) is 3.54. The van der Waals surface area contributed by atoms with Crippen molar-refractivity contribution < 1.29 is 14.3 Å². The molecular weight excluding hydrogens is 268 g/mol. The Morgan fingerprint density at radius 3 is 2.52 bits per heavy atom. The largest absolute Gasteiger partial charge is 0.494 e. The lowest BCUT2D eigenvalue weighted by Gasteiger charge is -2.28. The molecule has 1 saturated heterocycles. The Bertz CT molecular complexity index is 523. The summed E-state index contributed by atoms with van der Waals surface area (Å²) in [6, 6.07) is 7.42. The number of rotatable bonds is 4. The summed E-state index contributed by atoms with van der Waals surface area (Å²) in [7, 11) is 0. The van der Waals surface area contributed by atoms with Crippen molar-refractivity contribution in [1.29, 1.82) is 0 Å². The molecule has 5 heteroatoms. The lowest BCUT2D eigenvalue weighted by molar-refractivity contribution is -0.128. The van der Waals surface area contributed by atoms with Gasteiger partial charge in [-0.05, 0) is 44.5 Å². The molecule has 0 saturated carbocycles. The molecule has 0 bridgehead atoms. The molecule has 0 unspecified atom stereocenters. The first-order valence-electron chi connectivity index (χ1n) is 7.30. The van der Waals surface area contributed by atoms with Gasteiger partial charge in [0, 0.05) is 18.7 Å². The molecule has 0 aromatic heterocycles. The number of nitrogens with zero attached hydrogens (tertiary/aromatic N) is 1. The van der Waals surface area contributed by atoms with E-state index in [1.165, 1.54) is 0 Å². The van der Waals surface area contributed by atoms with Crippen LogP contribution in [0.1, 0.15) is 33.6 Å². The first-order chi connectivity index (χ1) is 9.94. The normalized spacial score (nSPS) is 18.1. The predicted octanol–water partition coefficient (Wildman–Crippen LogP) is 2.11. The lowest BCUT2D eigenvalue weighted by atomic mass is 10.0. The fourth-order valence-electron chi connectivity index (χ4n) is 2.31. The molecule has 0 aliphatic carbocycles. The Morgan fingerprint density at radius 2 is 1.90 bits per heavy atom. The van der Waals surface area contributed by atoms with Crippen molar-refractivity contribution in [2.24, 2.45) is 0 Å². The number of hydrogen-bond donors (Lipinski definition) is 1. The molecule has 2 amide bonds. The molecule has 2 rings (SSSR count). The zero-order chi connectivity index (χ0) is 15.5. The van der Waals surface area contributed by atoms with Gasteiger partial charge < -0.3 is 15.0 Å². The summed E-state index contributed by atoms with van der Waals surface area (Å²) in [6.45, 7) is 6.57. The van der Waals surface area contributed by atoms with Gasteiger partial charge in [-0.15, -0.1) is 0 Å². The Morgan fingerprint density at radius 1 is 1.24 bits per heavy atom. The monoisotopic (exact) mass is 290 g/mol. The summed E-state index contributed by atoms with van der Waals surface area (Å²) in [6.07, 6.45) is 1.26. The maximum absolute atomic E-state index is 12.5. The highest BCUT2D eigenvalue weighted by Gasteiger charge is 2.37. The smallest absolute Gasteiger partial charge is 0.252 e. The van der Waals surface area contributed by atoms with E-state index >= 15 is 0 Å². The van der Waals surface area contributed by atoms with Gasteiger partial charge in [-0.3, -0.25) is 9.59 Å². The van der Waals surface area contributed by atoms with Gasteiger partial charge in [-0.25, -0.2) is 0 Å². The van der Waals surface area contributed by atoms with Gasteiger partial charge in [0.1, 0.15) is 11.3 Å². The van der Waals surface area contributed by atoms with Crippen LogP contribution in [0.25, 0.3) is 0 Å². The molecule has 5 nitrogen and oxygen atoms in total. The number of amides is 2. The molecule has 1 aliphatic heterocycles. The summed E-state index contributed by atoms with van der Waals surface area (Å²) < 4.78 is 5.54. The van der Waals surface area contributed by atoms with Gasteiger partial charge in [0.15, 0.2) is 0 Å². The van der Waals surface area contributed by atoms with Crippen LogP contribution < -0.4 is 15.0 Å². The third-order valence-electron chi connectivity index (χ3n) is 3.42. The second kappa shape index (κ2) is 6.16. The summed E-state index contributed by atoms with van der Waals surface area (Å²) in [5.74, 6) is 0.589. The maximum Gasteiger partial charge on any atom is 0.252 e. The summed E-state index contributed by atoms with van der Waals surface area (Å²) >= 11 is 0. The van der Waals surface area contributed by atoms with E-state index in [2.05, 4.69) is 12.2 Å². The zero-order valence-corrected chi connectivity index (χ0v) is 12.8. The second-order valence-electron chi connectivity index (χ2n) is 5.72. The maximum atomic E-state index is 12.5. The van der Waals surface area contributed by atoms with E-state index in [9.17, 15) is 9.59 Å². The molecule has 1 aromatic rings. The van der Waals surface area contributed by atoms with Crippen LogP contribution in [-0.2, 0) is 9.59 Å². The molecule has 1 N–H and O–H groups in total. The van der Waals surface area contributed by atoms with Crippen LogP contribution in [0.15, 0.2) is 24.3 Å². The van der Waals surface area contributed by atoms with Crippen LogP contribution in [0.4, 0.5) is 5.69 Å². The number of nitrogens with one attached hydrogen (secondary N) is 1. The molecule has 1 aromatic carbocycles. The van der Waals surface area contributed by atoms with Gasteiger partial charge in [0.05, 0.1) is 6.61 Å². The fraction of sp³-hybridized carbons (Fsp3) is 0.500. The third-order valence-corrected chi connectivity index (χ3v) is 3.42. The number of carbonyl (C=O) groups excluding carboxylic acids is 2. The Hall–Kier alpha value is -2.04. The zero-order valence-electron chi connectivity index (χ0n) is 12.8. The van der Waals surface area contributed by atoms with E-state index in [0.717, 1.165) is 17.9 Å². The van der Waals surface area contributed by atoms with Gasteiger partial charge in [-0.2, -0.15) is 0 Å². The average Bonchev–Trinajstić information content (AvgIpc) is 2.54. The minimum atomic E-state index is -0.884. The first-order valence-corrected chi connectivity index (χ1v) is 7.30. The van der Waals surface area contributed by atoms with Gasteiger partial charge >= 0.3 is 0 Å². The standard InChI is InChI=1S/C16H22N2O3/c1-4-11-21-13-7-5-12(6-8-13)18-10-9-14(19)17-16(2,3)15(18)20/h5-8H,4,9-11H2,1-3H3,(H,17,19). The van der Waals surface area contributed by atoms with E-state index in [-0.39, 0.29) is 11.8 Å². The van der Waals surface area contributed by atoms with Crippen molar-refractivity contribution >= 4 is 17.5 Å². The van der Waals surface area contributed by atoms with Crippen molar-refractivity contribution in [3.8, 4) is 5.75 Å². The predicted molar refractivity (Wildman–Crippen MR) is 81.4 cm³/mol. The number of hydrogen-bond acceptors (Lipinski definition) is 3. The Balaban J connectivity index is 2.19. The van der Waals surface area contributed by atoms with Crippen LogP contribution >= 0.6 is 0 Å². The van der Waals surface area contributed by atoms with Gasteiger partial charge in [-0.1, -0.05) is 6.92 Å². The highest BCUT2D eigenvalue weighted by Crippen LogP contribution is 2.24. The van der Waals surface area contributed by atoms with Gasteiger partial charge in [0.25, 0.3) is 5.91 Å². The van der Waals surface area contributed by atoms with Crippen molar-refractivity contribution in [3.63, 3.8) is 0 Å². The SMILES string of the molecule is CCCOc1ccc(N2CCC(=O)NC(C)(C)C2=O)cc1. The summed E-state index contributed by atoms with van der Waals surface area (Å²) in [5.41, 5.74) is -0.0984. The van der Waals surface area contributed by atoms with Crippen LogP contribution in [-0.4, -0.2) is 30.5 Å². The molecule has 21 heavy (non-hydrogen) atoms. The van der Waals surface area contributed by atoms with Crippen LogP contribution in [0.2, 0.25) is 0 Å². The van der Waals surface area contributed by atoms with E-state index in [1.807, 2.05) is 24.3 Å². The molecule has 1 fully saturated rings. The molecule has 0 radical (unpaired) electrons. The second-order valence-corrected chi connectivity index (χ2v) is 5.72. The van der Waals surface area contributed by atoms with E-state index in [1.54, 1.807) is 18.7 Å². The average molecular weight is 290 g/mol. The summed E-state index contributed by atoms with van der Waals surface area (Å²) in [5, 5.41) is 2.75. The number of anilines is 1. The van der Waals surface area contributed by atoms with E-state index < -0.39 is 5.54 Å². The highest BCUT2D eigenvalue weighted by molar-refractivity contribution is 6.03. The molecule has 114 valence electrons. The van der Waals surface area contributed by atoms with E-state index in [4.69, 9.17) is 4.74 Å². The molecule has 1 heterocycles. The van der Waals surface area contributed by atoms with Crippen LogP contribution in [0.5, 0.6) is 5.75 Å². The van der Waals surface area contributed by atoms with Gasteiger partial charge in [0.2, 0.25) is 5.91 Å². The number of benzene rings is 1. The Kier molecular flexibility index (Phi) is 4.50. The minimum Gasteiger partial charge on any atom is -0.494 e. The summed E-state index contributed by atoms with van der Waals surface area (Å²) in [4.78, 5) is 25.9. The first kappa shape index (κ1) is 15.4. The van der Waals surface area contributed by atoms with Crippen molar-refractivity contribution in [1.82, 2.24) is 5.32 Å². The Labute approximate surface area is 125 Å². The number of ether oxygens (including phenoxy) is 1. The molecule has 0 atom stereocenters. The van der Waals surface area contributed by atoms with E-state index in [0.29, 0.717) is 19.6 Å². The number of carbonyl (C=O) groups is 2. The fourth-order valence-corrected chi connectivity index (χ4v) is 2.31. The molecule has 0 spiro atoms. The van der Waals surface area contributed by atoms with Crippen LogP contribution in [0, 0.1) is 0 Å². The molecular formula is C16H22N2O3. The quantitative estimate of drug-likeness (QED) is 0.924. The lowest BCUT2D eigenvalue weighted by Crippen LogP contribution is -2.53. The highest BCUT2D eigenvalue weighted by atomic mass is 16.5. The van der Waals surface area contributed by atoms with Crippen LogP contribution in [0.3, 0.4) is 0 Å². The van der Waals surface area contributed by atoms with Crippen molar-refractivity contribution in [3.05, 3.63) is 24.3 Å². The van der Waals surface area contributed by atoms with Crippen molar-refractivity contribution in [2.45, 2.75) is 39.2 Å². The topological polar surface area (TPSA) is 58.6 Å².